The smallest absolute Gasteiger partial charge is 0.0879 e. The number of hydrogen-bond acceptors (Lipinski definition) is 2. The van der Waals surface area contributed by atoms with Crippen LogP contribution in [0.1, 0.15) is 25.5 Å². The first-order valence-corrected chi connectivity index (χ1v) is 4.07. The normalized spacial score (nSPS) is 11.2. The lowest BCUT2D eigenvalue weighted by Gasteiger charge is -2.04. The maximum Gasteiger partial charge on any atom is 0.0879 e. The highest BCUT2D eigenvalue weighted by Crippen LogP contribution is 2.16. The van der Waals surface area contributed by atoms with Crippen LogP contribution in [0.5, 0.6) is 0 Å². The van der Waals surface area contributed by atoms with Crippen LogP contribution in [0, 0.1) is 0 Å². The van der Waals surface area contributed by atoms with Crippen molar-refractivity contribution >= 4 is 5.52 Å². The van der Waals surface area contributed by atoms with Gasteiger partial charge in [-0.25, -0.2) is 4.52 Å². The quantitative estimate of drug-likeness (QED) is 0.639. The first-order chi connectivity index (χ1) is 5.79. The molecule has 3 nitrogen and oxygen atoms in total. The zero-order chi connectivity index (χ0) is 8.55. The molecule has 0 amide bonds. The van der Waals surface area contributed by atoms with E-state index >= 15 is 0 Å². The van der Waals surface area contributed by atoms with E-state index in [2.05, 4.69) is 23.9 Å². The summed E-state index contributed by atoms with van der Waals surface area (Å²) in [6, 6.07) is 1.99. The molecule has 2 aromatic rings. The molecular formula is C9H11N3. The second-order valence-electron chi connectivity index (χ2n) is 3.13. The summed E-state index contributed by atoms with van der Waals surface area (Å²) in [6.45, 7) is 4.27. The fourth-order valence-electron chi connectivity index (χ4n) is 1.32. The van der Waals surface area contributed by atoms with Crippen LogP contribution in [0.3, 0.4) is 0 Å². The Bertz CT molecular complexity index is 389. The number of rotatable bonds is 1. The Hall–Kier alpha value is -1.38. The van der Waals surface area contributed by atoms with E-state index in [0.717, 1.165) is 11.2 Å². The highest BCUT2D eigenvalue weighted by Gasteiger charge is 2.05. The van der Waals surface area contributed by atoms with Crippen molar-refractivity contribution in [3.63, 3.8) is 0 Å². The van der Waals surface area contributed by atoms with E-state index in [0.29, 0.717) is 5.92 Å². The van der Waals surface area contributed by atoms with Crippen molar-refractivity contribution in [3.8, 4) is 0 Å². The molecule has 0 aromatic carbocycles. The lowest BCUT2D eigenvalue weighted by atomic mass is 10.1. The van der Waals surface area contributed by atoms with Crippen molar-refractivity contribution in [3.05, 3.63) is 30.4 Å². The van der Waals surface area contributed by atoms with Crippen molar-refractivity contribution in [1.82, 2.24) is 14.6 Å². The Morgan fingerprint density at radius 2 is 2.17 bits per heavy atom. The summed E-state index contributed by atoms with van der Waals surface area (Å²) in [5.41, 5.74) is 2.21. The summed E-state index contributed by atoms with van der Waals surface area (Å²) >= 11 is 0. The largest absolute Gasteiger partial charge is 0.257 e. The molecule has 3 heteroatoms. The standard InChI is InChI=1S/C9H11N3/c1-7(2)9-8-3-4-11-12(8)6-5-10-9/h3-7H,1-2H3. The zero-order valence-electron chi connectivity index (χ0n) is 7.23. The Labute approximate surface area is 71.1 Å². The molecule has 0 atom stereocenters. The summed E-state index contributed by atoms with van der Waals surface area (Å²) < 4.78 is 1.85. The molecule has 0 aliphatic rings. The van der Waals surface area contributed by atoms with Crippen LogP contribution in [0.15, 0.2) is 24.7 Å². The van der Waals surface area contributed by atoms with Crippen LogP contribution < -0.4 is 0 Å². The van der Waals surface area contributed by atoms with Crippen molar-refractivity contribution < 1.29 is 0 Å². The molecule has 62 valence electrons. The van der Waals surface area contributed by atoms with E-state index < -0.39 is 0 Å². The van der Waals surface area contributed by atoms with E-state index in [4.69, 9.17) is 0 Å². The van der Waals surface area contributed by atoms with Gasteiger partial charge < -0.3 is 0 Å². The van der Waals surface area contributed by atoms with Crippen molar-refractivity contribution in [2.75, 3.05) is 0 Å². The molecular weight excluding hydrogens is 150 g/mol. The van der Waals surface area contributed by atoms with Gasteiger partial charge in [0.15, 0.2) is 0 Å². The van der Waals surface area contributed by atoms with E-state index in [9.17, 15) is 0 Å². The van der Waals surface area contributed by atoms with Gasteiger partial charge in [-0.2, -0.15) is 5.10 Å². The summed E-state index contributed by atoms with van der Waals surface area (Å²) in [6.07, 6.45) is 5.44. The molecule has 0 saturated heterocycles. The molecule has 0 unspecified atom stereocenters. The highest BCUT2D eigenvalue weighted by atomic mass is 15.2. The molecule has 0 aliphatic heterocycles. The second kappa shape index (κ2) is 2.59. The van der Waals surface area contributed by atoms with Gasteiger partial charge >= 0.3 is 0 Å². The Morgan fingerprint density at radius 1 is 1.33 bits per heavy atom. The van der Waals surface area contributed by atoms with Gasteiger partial charge in [0.1, 0.15) is 0 Å². The Morgan fingerprint density at radius 3 is 2.92 bits per heavy atom. The third-order valence-electron chi connectivity index (χ3n) is 1.90. The summed E-state index contributed by atoms with van der Waals surface area (Å²) in [7, 11) is 0. The van der Waals surface area contributed by atoms with E-state index in [1.54, 1.807) is 12.4 Å². The molecule has 0 aliphatic carbocycles. The van der Waals surface area contributed by atoms with Crippen molar-refractivity contribution in [2.45, 2.75) is 19.8 Å². The first-order valence-electron chi connectivity index (χ1n) is 4.07. The summed E-state index contributed by atoms with van der Waals surface area (Å²) in [5, 5.41) is 4.14. The average molecular weight is 161 g/mol. The van der Waals surface area contributed by atoms with Crippen LogP contribution in [0.2, 0.25) is 0 Å². The van der Waals surface area contributed by atoms with Crippen molar-refractivity contribution in [2.24, 2.45) is 0 Å². The molecule has 2 heterocycles. The van der Waals surface area contributed by atoms with Crippen LogP contribution in [-0.4, -0.2) is 14.6 Å². The Kier molecular flexibility index (Phi) is 1.57. The summed E-state index contributed by atoms with van der Waals surface area (Å²) in [5.74, 6) is 0.449. The zero-order valence-corrected chi connectivity index (χ0v) is 7.23. The maximum atomic E-state index is 4.32. The highest BCUT2D eigenvalue weighted by molar-refractivity contribution is 5.51. The van der Waals surface area contributed by atoms with Gasteiger partial charge in [0.25, 0.3) is 0 Å². The van der Waals surface area contributed by atoms with Gasteiger partial charge in [-0.3, -0.25) is 4.98 Å². The average Bonchev–Trinajstić information content (AvgIpc) is 2.49. The maximum absolute atomic E-state index is 4.32. The van der Waals surface area contributed by atoms with Gasteiger partial charge in [0.05, 0.1) is 17.4 Å². The number of hydrogen-bond donors (Lipinski definition) is 0. The number of fused-ring (bicyclic) bond motifs is 1. The lowest BCUT2D eigenvalue weighted by molar-refractivity contribution is 0.809. The van der Waals surface area contributed by atoms with E-state index in [1.807, 2.05) is 16.8 Å². The molecule has 12 heavy (non-hydrogen) atoms. The summed E-state index contributed by atoms with van der Waals surface area (Å²) in [4.78, 5) is 4.32. The fraction of sp³-hybridized carbons (Fsp3) is 0.333. The lowest BCUT2D eigenvalue weighted by Crippen LogP contribution is -1.97. The number of aromatic nitrogens is 3. The van der Waals surface area contributed by atoms with E-state index in [1.165, 1.54) is 0 Å². The predicted molar refractivity (Wildman–Crippen MR) is 47.1 cm³/mol. The van der Waals surface area contributed by atoms with Gasteiger partial charge in [-0.1, -0.05) is 13.8 Å². The third-order valence-corrected chi connectivity index (χ3v) is 1.90. The molecule has 0 radical (unpaired) electrons. The van der Waals surface area contributed by atoms with Gasteiger partial charge in [0.2, 0.25) is 0 Å². The molecule has 2 rings (SSSR count). The van der Waals surface area contributed by atoms with Crippen LogP contribution in [0.25, 0.3) is 5.52 Å². The predicted octanol–water partition coefficient (Wildman–Crippen LogP) is 1.85. The van der Waals surface area contributed by atoms with Crippen LogP contribution in [0.4, 0.5) is 0 Å². The minimum absolute atomic E-state index is 0.449. The Balaban J connectivity index is 2.73. The monoisotopic (exact) mass is 161 g/mol. The minimum Gasteiger partial charge on any atom is -0.257 e. The third kappa shape index (κ3) is 0.978. The molecule has 2 aromatic heterocycles. The molecule has 0 bridgehead atoms. The van der Waals surface area contributed by atoms with Gasteiger partial charge in [-0.15, -0.1) is 0 Å². The van der Waals surface area contributed by atoms with Gasteiger partial charge in [-0.05, 0) is 12.0 Å². The fourth-order valence-corrected chi connectivity index (χ4v) is 1.32. The van der Waals surface area contributed by atoms with Crippen molar-refractivity contribution in [1.29, 1.82) is 0 Å². The molecule has 0 spiro atoms. The molecule has 0 saturated carbocycles. The van der Waals surface area contributed by atoms with Gasteiger partial charge in [0, 0.05) is 12.4 Å². The first kappa shape index (κ1) is 7.28. The minimum atomic E-state index is 0.449. The topological polar surface area (TPSA) is 30.2 Å². The van der Waals surface area contributed by atoms with Crippen LogP contribution >= 0.6 is 0 Å². The SMILES string of the molecule is CC(C)c1nccn2nccc12. The van der Waals surface area contributed by atoms with Crippen LogP contribution in [-0.2, 0) is 0 Å². The van der Waals surface area contributed by atoms with E-state index in [-0.39, 0.29) is 0 Å². The molecule has 0 N–H and O–H groups in total. The number of nitrogens with zero attached hydrogens (tertiary/aromatic N) is 3. The molecule has 0 fully saturated rings. The second-order valence-corrected chi connectivity index (χ2v) is 3.13.